The summed E-state index contributed by atoms with van der Waals surface area (Å²) in [7, 11) is -5.82. The molecule has 7 atom stereocenters. The fourth-order valence-corrected chi connectivity index (χ4v) is 6.40. The van der Waals surface area contributed by atoms with Gasteiger partial charge in [0.25, 0.3) is 0 Å². The van der Waals surface area contributed by atoms with E-state index in [1.807, 2.05) is 0 Å². The van der Waals surface area contributed by atoms with E-state index in [-0.39, 0.29) is 18.8 Å². The summed E-state index contributed by atoms with van der Waals surface area (Å²) in [6, 6.07) is 0. The molecule has 0 aromatic heterocycles. The van der Waals surface area contributed by atoms with Gasteiger partial charge in [0.15, 0.2) is 12.9 Å². The molecule has 2 bridgehead atoms. The summed E-state index contributed by atoms with van der Waals surface area (Å²) in [6.45, 7) is 0.327. The number of carbonyl (C=O) groups is 4. The Hall–Kier alpha value is -2.39. The SMILES string of the molecule is CC(OC(=O)CCC(=O)OC1C2CC3C1OC(=O)C3C2C(=O)OCOC1CCCCC1)C(F)(F)S(=O)(=O)O. The minimum absolute atomic E-state index is 0.0139. The summed E-state index contributed by atoms with van der Waals surface area (Å²) in [6.07, 6.45) is -0.125. The van der Waals surface area contributed by atoms with Gasteiger partial charge in [-0.25, -0.2) is 0 Å². The molecule has 1 aliphatic heterocycles. The second-order valence-electron chi connectivity index (χ2n) is 10.1. The van der Waals surface area contributed by atoms with E-state index in [1.54, 1.807) is 0 Å². The van der Waals surface area contributed by atoms with Crippen molar-refractivity contribution in [1.82, 2.24) is 0 Å². The average Bonchev–Trinajstić information content (AvgIpc) is 3.46. The third-order valence-corrected chi connectivity index (χ3v) is 8.82. The molecule has 1 N–H and O–H groups in total. The molecular weight excluding hydrogens is 538 g/mol. The van der Waals surface area contributed by atoms with E-state index in [4.69, 9.17) is 23.5 Å². The van der Waals surface area contributed by atoms with E-state index in [0.29, 0.717) is 13.3 Å². The molecule has 4 rings (SSSR count). The number of hydrogen-bond donors (Lipinski definition) is 1. The van der Waals surface area contributed by atoms with Crippen LogP contribution in [0.3, 0.4) is 0 Å². The van der Waals surface area contributed by atoms with Gasteiger partial charge in [0, 0.05) is 11.8 Å². The maximum absolute atomic E-state index is 13.5. The van der Waals surface area contributed by atoms with Gasteiger partial charge in [0.05, 0.1) is 30.8 Å². The molecule has 3 saturated carbocycles. The standard InChI is InChI=1S/C23H30F2O12S/c1-11(23(24,25)38(30,31)32)35-15(26)7-8-16(27)36-19-13-9-14-18(22(29)37-20(14)19)17(13)21(28)34-10-33-12-5-3-2-4-6-12/h11-14,17-20H,2-10H2,1H3,(H,30,31,32). The van der Waals surface area contributed by atoms with Gasteiger partial charge in [-0.15, -0.1) is 0 Å². The van der Waals surface area contributed by atoms with E-state index in [9.17, 15) is 36.4 Å². The predicted octanol–water partition coefficient (Wildman–Crippen LogP) is 1.75. The first-order chi connectivity index (χ1) is 17.8. The third-order valence-electron chi connectivity index (χ3n) is 7.80. The van der Waals surface area contributed by atoms with Crippen LogP contribution in [0.2, 0.25) is 0 Å². The number of halogens is 2. The Bertz CT molecular complexity index is 1060. The molecule has 0 aromatic rings. The monoisotopic (exact) mass is 568 g/mol. The smallest absolute Gasteiger partial charge is 0.405 e. The fraction of sp³-hybridized carbons (Fsp3) is 0.826. The van der Waals surface area contributed by atoms with Crippen LogP contribution in [0.4, 0.5) is 8.78 Å². The maximum atomic E-state index is 13.5. The van der Waals surface area contributed by atoms with E-state index < -0.39 is 88.2 Å². The number of carbonyl (C=O) groups excluding carboxylic acids is 4. The van der Waals surface area contributed by atoms with Crippen LogP contribution in [0.25, 0.3) is 0 Å². The average molecular weight is 569 g/mol. The van der Waals surface area contributed by atoms with Crippen molar-refractivity contribution in [3.8, 4) is 0 Å². The van der Waals surface area contributed by atoms with Gasteiger partial charge in [-0.3, -0.25) is 23.7 Å². The maximum Gasteiger partial charge on any atom is 0.405 e. The predicted molar refractivity (Wildman–Crippen MR) is 119 cm³/mol. The van der Waals surface area contributed by atoms with Gasteiger partial charge in [-0.1, -0.05) is 19.3 Å². The topological polar surface area (TPSA) is 169 Å². The summed E-state index contributed by atoms with van der Waals surface area (Å²) >= 11 is 0. The minimum Gasteiger partial charge on any atom is -0.458 e. The van der Waals surface area contributed by atoms with Crippen molar-refractivity contribution in [3.05, 3.63) is 0 Å². The Morgan fingerprint density at radius 3 is 2.42 bits per heavy atom. The highest BCUT2D eigenvalue weighted by Gasteiger charge is 2.70. The van der Waals surface area contributed by atoms with Gasteiger partial charge in [0.2, 0.25) is 0 Å². The van der Waals surface area contributed by atoms with Crippen LogP contribution in [0.15, 0.2) is 0 Å². The Balaban J connectivity index is 1.28. The van der Waals surface area contributed by atoms with E-state index in [1.165, 1.54) is 0 Å². The highest BCUT2D eigenvalue weighted by Crippen LogP contribution is 2.59. The fourth-order valence-electron chi connectivity index (χ4n) is 5.93. The summed E-state index contributed by atoms with van der Waals surface area (Å²) in [4.78, 5) is 49.6. The summed E-state index contributed by atoms with van der Waals surface area (Å²) < 4.78 is 83.2. The van der Waals surface area contributed by atoms with Gasteiger partial charge in [0.1, 0.15) is 12.2 Å². The van der Waals surface area contributed by atoms with E-state index >= 15 is 0 Å². The van der Waals surface area contributed by atoms with Crippen molar-refractivity contribution in [3.63, 3.8) is 0 Å². The zero-order valence-corrected chi connectivity index (χ0v) is 21.4. The van der Waals surface area contributed by atoms with Crippen LogP contribution >= 0.6 is 0 Å². The van der Waals surface area contributed by atoms with Crippen molar-refractivity contribution < 1.29 is 64.6 Å². The molecule has 214 valence electrons. The van der Waals surface area contributed by atoms with Gasteiger partial charge in [-0.2, -0.15) is 17.2 Å². The van der Waals surface area contributed by atoms with Crippen LogP contribution in [0.5, 0.6) is 0 Å². The lowest BCUT2D eigenvalue weighted by molar-refractivity contribution is -0.176. The second kappa shape index (κ2) is 11.0. The minimum atomic E-state index is -5.82. The second-order valence-corrected chi connectivity index (χ2v) is 11.6. The van der Waals surface area contributed by atoms with Crippen molar-refractivity contribution in [2.24, 2.45) is 23.7 Å². The van der Waals surface area contributed by atoms with Crippen LogP contribution in [0.1, 0.15) is 58.3 Å². The van der Waals surface area contributed by atoms with Crippen LogP contribution in [-0.2, 0) is 53.0 Å². The number of ether oxygens (including phenoxy) is 5. The van der Waals surface area contributed by atoms with Gasteiger partial charge >= 0.3 is 39.2 Å². The molecule has 0 radical (unpaired) electrons. The molecule has 1 heterocycles. The molecule has 0 amide bonds. The van der Waals surface area contributed by atoms with Gasteiger partial charge in [-0.05, 0) is 26.2 Å². The highest BCUT2D eigenvalue weighted by atomic mass is 32.2. The number of rotatable bonds is 11. The third kappa shape index (κ3) is 5.64. The lowest BCUT2D eigenvalue weighted by Crippen LogP contribution is -2.44. The Morgan fingerprint density at radius 1 is 1.11 bits per heavy atom. The highest BCUT2D eigenvalue weighted by molar-refractivity contribution is 7.86. The van der Waals surface area contributed by atoms with Crippen molar-refractivity contribution in [1.29, 1.82) is 0 Å². The molecule has 15 heteroatoms. The summed E-state index contributed by atoms with van der Waals surface area (Å²) in [5.74, 6) is -5.94. The molecule has 4 aliphatic rings. The normalized spacial score (nSPS) is 31.5. The molecule has 7 unspecified atom stereocenters. The first kappa shape index (κ1) is 28.6. The number of esters is 4. The summed E-state index contributed by atoms with van der Waals surface area (Å²) in [5, 5.41) is -4.74. The Kier molecular flexibility index (Phi) is 8.28. The first-order valence-electron chi connectivity index (χ1n) is 12.5. The Morgan fingerprint density at radius 2 is 1.76 bits per heavy atom. The zero-order valence-electron chi connectivity index (χ0n) is 20.6. The molecule has 3 aliphatic carbocycles. The van der Waals surface area contributed by atoms with Crippen LogP contribution in [-0.4, -0.2) is 73.3 Å². The van der Waals surface area contributed by atoms with Crippen molar-refractivity contribution in [2.45, 2.75) is 88.0 Å². The van der Waals surface area contributed by atoms with E-state index in [2.05, 4.69) is 4.74 Å². The van der Waals surface area contributed by atoms with Crippen molar-refractivity contribution in [2.75, 3.05) is 6.79 Å². The lowest BCUT2D eigenvalue weighted by atomic mass is 9.78. The first-order valence-corrected chi connectivity index (χ1v) is 14.0. The molecule has 1 saturated heterocycles. The molecule has 12 nitrogen and oxygen atoms in total. The van der Waals surface area contributed by atoms with E-state index in [0.717, 1.165) is 32.1 Å². The zero-order chi connectivity index (χ0) is 27.8. The number of hydrogen-bond acceptors (Lipinski definition) is 11. The molecule has 0 aromatic carbocycles. The summed E-state index contributed by atoms with van der Waals surface area (Å²) in [5.41, 5.74) is 0. The Labute approximate surface area is 217 Å². The van der Waals surface area contributed by atoms with Crippen LogP contribution in [0, 0.1) is 23.7 Å². The van der Waals surface area contributed by atoms with Crippen LogP contribution < -0.4 is 0 Å². The number of fused-ring (bicyclic) bond motifs is 1. The van der Waals surface area contributed by atoms with Crippen molar-refractivity contribution >= 4 is 34.0 Å². The molecule has 4 fully saturated rings. The molecule has 0 spiro atoms. The molecular formula is C23H30F2O12S. The molecule has 38 heavy (non-hydrogen) atoms. The number of alkyl halides is 2. The quantitative estimate of drug-likeness (QED) is 0.166. The van der Waals surface area contributed by atoms with Gasteiger partial charge < -0.3 is 23.7 Å². The largest absolute Gasteiger partial charge is 0.458 e. The lowest BCUT2D eigenvalue weighted by Gasteiger charge is -2.30.